The fraction of sp³-hybridized carbons (Fsp3) is 0.500. The van der Waals surface area contributed by atoms with E-state index >= 15 is 0 Å². The van der Waals surface area contributed by atoms with Gasteiger partial charge in [0.25, 0.3) is 0 Å². The summed E-state index contributed by atoms with van der Waals surface area (Å²) in [5.41, 5.74) is 1.82. The molecule has 0 N–H and O–H groups in total. The van der Waals surface area contributed by atoms with E-state index in [0.29, 0.717) is 6.04 Å². The van der Waals surface area contributed by atoms with Crippen molar-refractivity contribution in [3.63, 3.8) is 0 Å². The second-order valence-electron chi connectivity index (χ2n) is 3.70. The predicted octanol–water partition coefficient (Wildman–Crippen LogP) is 1.82. The van der Waals surface area contributed by atoms with Gasteiger partial charge in [0.15, 0.2) is 0 Å². The van der Waals surface area contributed by atoms with Gasteiger partial charge in [-0.1, -0.05) is 12.3 Å². The maximum Gasteiger partial charge on any atom is 0.0670 e. The molecule has 4 nitrogen and oxygen atoms in total. The number of aromatic nitrogens is 4. The summed E-state index contributed by atoms with van der Waals surface area (Å²) in [5.74, 6) is 0.735. The Morgan fingerprint density at radius 3 is 2.53 bits per heavy atom. The van der Waals surface area contributed by atoms with E-state index in [4.69, 9.17) is 0 Å². The molecule has 1 radical (unpaired) electrons. The van der Waals surface area contributed by atoms with Crippen LogP contribution in [0.1, 0.15) is 31.4 Å². The van der Waals surface area contributed by atoms with Crippen LogP contribution in [0.5, 0.6) is 0 Å². The molecule has 0 saturated heterocycles. The molecule has 2 aromatic rings. The van der Waals surface area contributed by atoms with Crippen molar-refractivity contribution < 1.29 is 32.7 Å². The van der Waals surface area contributed by atoms with Crippen molar-refractivity contribution in [1.82, 2.24) is 19.7 Å². The number of aryl methyl sites for hydroxylation is 2. The van der Waals surface area contributed by atoms with Crippen LogP contribution in [0.3, 0.4) is 0 Å². The van der Waals surface area contributed by atoms with Crippen LogP contribution in [0.25, 0.3) is 11.0 Å². The minimum Gasteiger partial charge on any atom is -0.338 e. The predicted molar refractivity (Wildman–Crippen MR) is 54.0 cm³/mol. The zero-order valence-corrected chi connectivity index (χ0v) is 12.3. The van der Waals surface area contributed by atoms with E-state index in [2.05, 4.69) is 35.1 Å². The minimum atomic E-state index is 0. The Morgan fingerprint density at radius 2 is 1.93 bits per heavy atom. The molecule has 15 heavy (non-hydrogen) atoms. The first-order valence-electron chi connectivity index (χ1n) is 4.70. The van der Waals surface area contributed by atoms with Crippen LogP contribution in [0.4, 0.5) is 0 Å². The molecular formula is C10H13N4Y-. The normalized spacial score (nSPS) is 10.7. The smallest absolute Gasteiger partial charge is 0.0670 e. The van der Waals surface area contributed by atoms with Crippen molar-refractivity contribution in [3.05, 3.63) is 17.7 Å². The van der Waals surface area contributed by atoms with E-state index in [1.54, 1.807) is 0 Å². The average molecular weight is 278 g/mol. The molecule has 2 rings (SSSR count). The second kappa shape index (κ2) is 4.66. The van der Waals surface area contributed by atoms with Gasteiger partial charge in [-0.25, -0.2) is 5.10 Å². The van der Waals surface area contributed by atoms with Gasteiger partial charge in [0.05, 0.1) is 5.65 Å². The van der Waals surface area contributed by atoms with E-state index in [-0.39, 0.29) is 32.7 Å². The van der Waals surface area contributed by atoms with Gasteiger partial charge in [-0.15, -0.1) is 0 Å². The third kappa shape index (κ3) is 2.26. The van der Waals surface area contributed by atoms with Gasteiger partial charge in [-0.3, -0.25) is 4.68 Å². The Kier molecular flexibility index (Phi) is 3.95. The Bertz CT molecular complexity index is 475. The van der Waals surface area contributed by atoms with Crippen molar-refractivity contribution in [3.8, 4) is 0 Å². The molecule has 0 unspecified atom stereocenters. The molecule has 0 aliphatic carbocycles. The summed E-state index contributed by atoms with van der Waals surface area (Å²) in [4.78, 5) is 8.43. The van der Waals surface area contributed by atoms with Crippen molar-refractivity contribution in [2.75, 3.05) is 0 Å². The monoisotopic (exact) mass is 278 g/mol. The zero-order valence-electron chi connectivity index (χ0n) is 9.44. The molecule has 77 valence electrons. The van der Waals surface area contributed by atoms with Gasteiger partial charge in [-0.2, -0.15) is 0 Å². The number of nitrogens with zero attached hydrogens (tertiary/aromatic N) is 4. The number of rotatable bonds is 1. The number of fused-ring (bicyclic) bond motifs is 1. The van der Waals surface area contributed by atoms with E-state index in [9.17, 15) is 0 Å². The van der Waals surface area contributed by atoms with Gasteiger partial charge >= 0.3 is 0 Å². The molecule has 0 atom stereocenters. The molecule has 2 heterocycles. The molecule has 0 fully saturated rings. The van der Waals surface area contributed by atoms with Crippen LogP contribution in [-0.2, 0) is 32.7 Å². The topological polar surface area (TPSA) is 43.6 Å². The van der Waals surface area contributed by atoms with Crippen molar-refractivity contribution in [1.29, 1.82) is 0 Å². The fourth-order valence-electron chi connectivity index (χ4n) is 1.45. The maximum absolute atomic E-state index is 4.41. The minimum absolute atomic E-state index is 0. The van der Waals surface area contributed by atoms with Gasteiger partial charge in [0.2, 0.25) is 0 Å². The van der Waals surface area contributed by atoms with E-state index in [1.807, 2.05) is 18.5 Å². The van der Waals surface area contributed by atoms with Crippen LogP contribution < -0.4 is 0 Å². The van der Waals surface area contributed by atoms with E-state index < -0.39 is 0 Å². The number of hydrogen-bond acceptors (Lipinski definition) is 3. The summed E-state index contributed by atoms with van der Waals surface area (Å²) in [6, 6.07) is 0.314. The van der Waals surface area contributed by atoms with Crippen LogP contribution in [0, 0.1) is 20.0 Å². The first kappa shape index (κ1) is 12.7. The summed E-state index contributed by atoms with van der Waals surface area (Å²) in [5, 5.41) is 5.33. The molecule has 0 bridgehead atoms. The second-order valence-corrected chi connectivity index (χ2v) is 3.70. The Hall–Kier alpha value is -0.346. The van der Waals surface area contributed by atoms with Gasteiger partial charge in [0.1, 0.15) is 0 Å². The van der Waals surface area contributed by atoms with Gasteiger partial charge in [-0.05, 0) is 32.7 Å². The molecule has 0 aliphatic heterocycles. The zero-order chi connectivity index (χ0) is 10.3. The van der Waals surface area contributed by atoms with Crippen LogP contribution in [0.15, 0.2) is 0 Å². The third-order valence-corrected chi connectivity index (χ3v) is 2.15. The van der Waals surface area contributed by atoms with Crippen LogP contribution in [-0.4, -0.2) is 19.7 Å². The maximum atomic E-state index is 4.41. The summed E-state index contributed by atoms with van der Waals surface area (Å²) in [7, 11) is 0. The standard InChI is InChI=1S/C10H13N4.Y/c1-6(2)14-10-9(7(3)13-14)5-11-8(4)12-10;/h6H,1-4H3;/q-1;. The SMILES string of the molecule is Cc1n[c-]c2c(C)nn(C(C)C)c2n1.[Y]. The summed E-state index contributed by atoms with van der Waals surface area (Å²) >= 11 is 0. The fourth-order valence-corrected chi connectivity index (χ4v) is 1.45. The van der Waals surface area contributed by atoms with Crippen LogP contribution >= 0.6 is 0 Å². The molecule has 0 aliphatic rings. The molecule has 0 amide bonds. The molecule has 0 aromatic carbocycles. The summed E-state index contributed by atoms with van der Waals surface area (Å²) < 4.78 is 1.91. The van der Waals surface area contributed by atoms with E-state index in [1.165, 1.54) is 0 Å². The molecule has 0 spiro atoms. The quantitative estimate of drug-likeness (QED) is 0.747. The van der Waals surface area contributed by atoms with E-state index in [0.717, 1.165) is 22.6 Å². The third-order valence-electron chi connectivity index (χ3n) is 2.15. The summed E-state index contributed by atoms with van der Waals surface area (Å²) in [6.45, 7) is 7.99. The molecular weight excluding hydrogens is 265 g/mol. The first-order chi connectivity index (χ1) is 6.59. The summed E-state index contributed by atoms with van der Waals surface area (Å²) in [6.07, 6.45) is 2.97. The van der Waals surface area contributed by atoms with Crippen molar-refractivity contribution in [2.24, 2.45) is 0 Å². The largest absolute Gasteiger partial charge is 0.338 e. The Labute approximate surface area is 114 Å². The first-order valence-corrected chi connectivity index (χ1v) is 4.70. The Morgan fingerprint density at radius 1 is 1.27 bits per heavy atom. The Balaban J connectivity index is 0.00000112. The van der Waals surface area contributed by atoms with Gasteiger partial charge < -0.3 is 9.97 Å². The molecule has 0 saturated carbocycles. The van der Waals surface area contributed by atoms with Crippen molar-refractivity contribution in [2.45, 2.75) is 33.7 Å². The van der Waals surface area contributed by atoms with Crippen LogP contribution in [0.2, 0.25) is 0 Å². The van der Waals surface area contributed by atoms with Gasteiger partial charge in [0, 0.05) is 44.6 Å². The number of hydrogen-bond donors (Lipinski definition) is 0. The molecule has 2 aromatic heterocycles. The average Bonchev–Trinajstić information content (AvgIpc) is 2.43. The molecule has 5 heteroatoms. The van der Waals surface area contributed by atoms with Crippen molar-refractivity contribution >= 4 is 11.0 Å².